The molecule has 262 valence electrons. The zero-order valence-electron chi connectivity index (χ0n) is 30.2. The third kappa shape index (κ3) is 5.21. The smallest absolute Gasteiger partial charge is 0.164 e. The molecule has 3 aromatic heterocycles. The fraction of sp³-hybridized carbons (Fsp3) is 0. The maximum atomic E-state index is 6.54. The van der Waals surface area contributed by atoms with Crippen molar-refractivity contribution < 1.29 is 4.42 Å². The van der Waals surface area contributed by atoms with Crippen molar-refractivity contribution in [2.24, 2.45) is 0 Å². The van der Waals surface area contributed by atoms with Crippen LogP contribution in [0.25, 0.3) is 106 Å². The van der Waals surface area contributed by atoms with Gasteiger partial charge < -0.3 is 8.98 Å². The highest BCUT2D eigenvalue weighted by molar-refractivity contribution is 6.13. The molecular weight excluding hydrogens is 685 g/mol. The molecule has 56 heavy (non-hydrogen) atoms. The zero-order chi connectivity index (χ0) is 37.0. The van der Waals surface area contributed by atoms with Crippen LogP contribution in [0.4, 0.5) is 0 Å². The van der Waals surface area contributed by atoms with E-state index in [0.717, 1.165) is 83.0 Å². The highest BCUT2D eigenvalue weighted by Gasteiger charge is 2.20. The van der Waals surface area contributed by atoms with Crippen molar-refractivity contribution >= 4 is 43.7 Å². The van der Waals surface area contributed by atoms with Gasteiger partial charge in [0.15, 0.2) is 17.5 Å². The third-order valence-electron chi connectivity index (χ3n) is 10.7. The average molecular weight is 717 g/mol. The Morgan fingerprint density at radius 1 is 0.339 bits per heavy atom. The molecule has 5 nitrogen and oxygen atoms in total. The number of furan rings is 1. The Hall–Kier alpha value is -7.63. The first-order valence-corrected chi connectivity index (χ1v) is 18.8. The summed E-state index contributed by atoms with van der Waals surface area (Å²) in [6, 6.07) is 67.4. The number of benzene rings is 8. The number of fused-ring (bicyclic) bond motifs is 6. The van der Waals surface area contributed by atoms with E-state index in [2.05, 4.69) is 126 Å². The van der Waals surface area contributed by atoms with Gasteiger partial charge in [-0.15, -0.1) is 0 Å². The predicted molar refractivity (Wildman–Crippen MR) is 229 cm³/mol. The molecule has 0 radical (unpaired) electrons. The van der Waals surface area contributed by atoms with Crippen LogP contribution in [0, 0.1) is 0 Å². The fourth-order valence-electron chi connectivity index (χ4n) is 8.11. The van der Waals surface area contributed by atoms with Crippen LogP contribution < -0.4 is 0 Å². The lowest BCUT2D eigenvalue weighted by Gasteiger charge is -2.15. The second kappa shape index (κ2) is 13.0. The molecular formula is C51H32N4O. The van der Waals surface area contributed by atoms with Gasteiger partial charge in [-0.3, -0.25) is 0 Å². The molecule has 0 spiro atoms. The maximum absolute atomic E-state index is 6.54. The molecule has 0 aliphatic heterocycles. The average Bonchev–Trinajstić information content (AvgIpc) is 3.82. The molecule has 0 aliphatic rings. The van der Waals surface area contributed by atoms with Crippen LogP contribution in [0.15, 0.2) is 199 Å². The van der Waals surface area contributed by atoms with E-state index in [1.165, 1.54) is 5.39 Å². The lowest BCUT2D eigenvalue weighted by Crippen LogP contribution is -2.01. The SMILES string of the molecule is c1ccc(-c2nc(-c3ccccc3)nc(-c3ccccc3-c3ccc4c(c3)c3ccccc3n4-c3ccccc3-c3cccc4c3oc3ccccc34)n2)cc1. The molecule has 0 atom stereocenters. The van der Waals surface area contributed by atoms with Gasteiger partial charge in [0, 0.05) is 49.4 Å². The Bertz CT molecular complexity index is 3200. The molecule has 0 amide bonds. The van der Waals surface area contributed by atoms with Gasteiger partial charge in [-0.05, 0) is 41.5 Å². The zero-order valence-corrected chi connectivity index (χ0v) is 30.2. The van der Waals surface area contributed by atoms with Crippen LogP contribution in [0.1, 0.15) is 0 Å². The number of hydrogen-bond donors (Lipinski definition) is 0. The summed E-state index contributed by atoms with van der Waals surface area (Å²) in [5.74, 6) is 1.91. The van der Waals surface area contributed by atoms with Gasteiger partial charge >= 0.3 is 0 Å². The first kappa shape index (κ1) is 31.9. The van der Waals surface area contributed by atoms with Gasteiger partial charge in [0.2, 0.25) is 0 Å². The minimum absolute atomic E-state index is 0.629. The molecule has 0 N–H and O–H groups in total. The van der Waals surface area contributed by atoms with Crippen LogP contribution >= 0.6 is 0 Å². The fourth-order valence-corrected chi connectivity index (χ4v) is 8.11. The summed E-state index contributed by atoms with van der Waals surface area (Å²) in [6.45, 7) is 0. The highest BCUT2D eigenvalue weighted by Crippen LogP contribution is 2.42. The molecule has 0 aliphatic carbocycles. The molecule has 0 bridgehead atoms. The molecule has 8 aromatic carbocycles. The van der Waals surface area contributed by atoms with Crippen LogP contribution in [-0.4, -0.2) is 19.5 Å². The van der Waals surface area contributed by atoms with Gasteiger partial charge in [0.1, 0.15) is 11.2 Å². The number of hydrogen-bond acceptors (Lipinski definition) is 4. The molecule has 0 unspecified atom stereocenters. The maximum Gasteiger partial charge on any atom is 0.164 e. The van der Waals surface area contributed by atoms with E-state index in [9.17, 15) is 0 Å². The minimum Gasteiger partial charge on any atom is -0.455 e. The summed E-state index contributed by atoms with van der Waals surface area (Å²) in [5.41, 5.74) is 12.3. The van der Waals surface area contributed by atoms with E-state index >= 15 is 0 Å². The van der Waals surface area contributed by atoms with Crippen molar-refractivity contribution in [2.45, 2.75) is 0 Å². The van der Waals surface area contributed by atoms with Crippen LogP contribution in [0.5, 0.6) is 0 Å². The Labute approximate surface area is 322 Å². The van der Waals surface area contributed by atoms with Crippen molar-refractivity contribution in [1.29, 1.82) is 0 Å². The van der Waals surface area contributed by atoms with Gasteiger partial charge in [-0.1, -0.05) is 164 Å². The molecule has 0 saturated carbocycles. The lowest BCUT2D eigenvalue weighted by molar-refractivity contribution is 0.670. The van der Waals surface area contributed by atoms with Gasteiger partial charge in [0.25, 0.3) is 0 Å². The lowest BCUT2D eigenvalue weighted by atomic mass is 9.97. The number of nitrogens with zero attached hydrogens (tertiary/aromatic N) is 4. The Balaban J connectivity index is 1.10. The first-order chi connectivity index (χ1) is 27.8. The van der Waals surface area contributed by atoms with Crippen molar-refractivity contribution in [3.8, 4) is 62.1 Å². The summed E-state index contributed by atoms with van der Waals surface area (Å²) in [4.78, 5) is 15.1. The molecule has 0 saturated heterocycles. The van der Waals surface area contributed by atoms with Gasteiger partial charge in [-0.2, -0.15) is 0 Å². The second-order valence-corrected chi connectivity index (χ2v) is 14.0. The summed E-state index contributed by atoms with van der Waals surface area (Å²) >= 11 is 0. The van der Waals surface area contributed by atoms with E-state index in [1.54, 1.807) is 0 Å². The van der Waals surface area contributed by atoms with Crippen molar-refractivity contribution in [2.75, 3.05) is 0 Å². The monoisotopic (exact) mass is 716 g/mol. The molecule has 5 heteroatoms. The minimum atomic E-state index is 0.629. The van der Waals surface area contributed by atoms with E-state index in [4.69, 9.17) is 19.4 Å². The van der Waals surface area contributed by atoms with E-state index in [0.29, 0.717) is 17.5 Å². The van der Waals surface area contributed by atoms with Crippen LogP contribution in [0.2, 0.25) is 0 Å². The standard InChI is InChI=1S/C51H32N4O/c1-3-16-33(17-4-1)49-52-50(34-18-5-2-6-19-34)54-51(53-49)42-24-8-7-20-36(42)35-30-31-46-43(32-35)38-22-10-13-28-45(38)55(46)44-27-12-9-21-37(44)40-25-15-26-41-39-23-11-14-29-47(39)56-48(40)41/h1-32H. The van der Waals surface area contributed by atoms with Crippen molar-refractivity contribution in [3.05, 3.63) is 194 Å². The quantitative estimate of drug-likeness (QED) is 0.172. The summed E-state index contributed by atoms with van der Waals surface area (Å²) in [7, 11) is 0. The molecule has 11 rings (SSSR count). The van der Waals surface area contributed by atoms with Crippen LogP contribution in [-0.2, 0) is 0 Å². The number of aromatic nitrogens is 4. The molecule has 0 fully saturated rings. The second-order valence-electron chi connectivity index (χ2n) is 14.0. The molecule has 3 heterocycles. The van der Waals surface area contributed by atoms with Crippen molar-refractivity contribution in [1.82, 2.24) is 19.5 Å². The van der Waals surface area contributed by atoms with E-state index < -0.39 is 0 Å². The summed E-state index contributed by atoms with van der Waals surface area (Å²) < 4.78 is 8.93. The van der Waals surface area contributed by atoms with Gasteiger partial charge in [0.05, 0.1) is 16.7 Å². The highest BCUT2D eigenvalue weighted by atomic mass is 16.3. The predicted octanol–water partition coefficient (Wildman–Crippen LogP) is 13.2. The molecule has 11 aromatic rings. The van der Waals surface area contributed by atoms with Crippen LogP contribution in [0.3, 0.4) is 0 Å². The summed E-state index contributed by atoms with van der Waals surface area (Å²) in [6.07, 6.45) is 0. The first-order valence-electron chi connectivity index (χ1n) is 18.8. The topological polar surface area (TPSA) is 56.7 Å². The summed E-state index contributed by atoms with van der Waals surface area (Å²) in [5, 5.41) is 4.58. The Morgan fingerprint density at radius 2 is 0.893 bits per heavy atom. The van der Waals surface area contributed by atoms with Crippen molar-refractivity contribution in [3.63, 3.8) is 0 Å². The Kier molecular flexibility index (Phi) is 7.42. The number of rotatable bonds is 6. The Morgan fingerprint density at radius 3 is 1.66 bits per heavy atom. The number of para-hydroxylation sites is 4. The normalized spacial score (nSPS) is 11.6. The van der Waals surface area contributed by atoms with E-state index in [1.807, 2.05) is 72.8 Å². The van der Waals surface area contributed by atoms with E-state index in [-0.39, 0.29) is 0 Å². The third-order valence-corrected chi connectivity index (χ3v) is 10.7. The largest absolute Gasteiger partial charge is 0.455 e. The van der Waals surface area contributed by atoms with Gasteiger partial charge in [-0.25, -0.2) is 15.0 Å².